The van der Waals surface area contributed by atoms with Crippen molar-refractivity contribution in [2.24, 2.45) is 0 Å². The second kappa shape index (κ2) is 11.2. The SMILES string of the molecule is COc1ccc(S(=O)(=O)N2CCCCCC2)cc1C(=O)Nc1ccccc1C(=O)N1CCOCC1. The molecule has 2 saturated heterocycles. The Bertz CT molecular complexity index is 1170. The molecule has 0 radical (unpaired) electrons. The maximum atomic E-state index is 13.3. The van der Waals surface area contributed by atoms with Crippen LogP contribution < -0.4 is 10.1 Å². The van der Waals surface area contributed by atoms with E-state index in [4.69, 9.17) is 9.47 Å². The molecular formula is C25H31N3O6S. The van der Waals surface area contributed by atoms with Gasteiger partial charge in [-0.05, 0) is 43.2 Å². The van der Waals surface area contributed by atoms with Gasteiger partial charge in [0.05, 0.1) is 42.0 Å². The van der Waals surface area contributed by atoms with Crippen LogP contribution in [0.2, 0.25) is 0 Å². The van der Waals surface area contributed by atoms with Crippen LogP contribution >= 0.6 is 0 Å². The molecule has 2 heterocycles. The fraction of sp³-hybridized carbons (Fsp3) is 0.440. The molecule has 0 saturated carbocycles. The number of carbonyl (C=O) groups is 2. The van der Waals surface area contributed by atoms with Crippen molar-refractivity contribution in [3.05, 3.63) is 53.6 Å². The van der Waals surface area contributed by atoms with Gasteiger partial charge in [0.1, 0.15) is 5.75 Å². The minimum Gasteiger partial charge on any atom is -0.496 e. The summed E-state index contributed by atoms with van der Waals surface area (Å²) in [7, 11) is -2.33. The lowest BCUT2D eigenvalue weighted by Crippen LogP contribution is -2.41. The topological polar surface area (TPSA) is 105 Å². The van der Waals surface area contributed by atoms with Crippen LogP contribution in [0.1, 0.15) is 46.4 Å². The monoisotopic (exact) mass is 501 g/mol. The molecule has 2 fully saturated rings. The first-order valence-electron chi connectivity index (χ1n) is 11.9. The van der Waals surface area contributed by atoms with Gasteiger partial charge in [-0.3, -0.25) is 9.59 Å². The Balaban J connectivity index is 1.61. The summed E-state index contributed by atoms with van der Waals surface area (Å²) in [5, 5.41) is 2.78. The van der Waals surface area contributed by atoms with E-state index in [-0.39, 0.29) is 22.1 Å². The maximum Gasteiger partial charge on any atom is 0.259 e. The number of nitrogens with zero attached hydrogens (tertiary/aromatic N) is 2. The summed E-state index contributed by atoms with van der Waals surface area (Å²) in [5.74, 6) is -0.514. The van der Waals surface area contributed by atoms with Gasteiger partial charge < -0.3 is 19.7 Å². The number of anilines is 1. The van der Waals surface area contributed by atoms with Crippen LogP contribution in [-0.2, 0) is 14.8 Å². The highest BCUT2D eigenvalue weighted by atomic mass is 32.2. The van der Waals surface area contributed by atoms with Gasteiger partial charge in [-0.2, -0.15) is 4.31 Å². The smallest absolute Gasteiger partial charge is 0.259 e. The van der Waals surface area contributed by atoms with Crippen molar-refractivity contribution in [3.63, 3.8) is 0 Å². The third-order valence-electron chi connectivity index (χ3n) is 6.32. The Morgan fingerprint density at radius 3 is 2.29 bits per heavy atom. The molecule has 2 aromatic rings. The number of carbonyl (C=O) groups excluding carboxylic acids is 2. The zero-order valence-electron chi connectivity index (χ0n) is 19.9. The zero-order chi connectivity index (χ0) is 24.8. The van der Waals surface area contributed by atoms with E-state index in [9.17, 15) is 18.0 Å². The van der Waals surface area contributed by atoms with Gasteiger partial charge in [-0.15, -0.1) is 0 Å². The third kappa shape index (κ3) is 5.66. The molecule has 2 aliphatic heterocycles. The van der Waals surface area contributed by atoms with Crippen molar-refractivity contribution in [2.45, 2.75) is 30.6 Å². The van der Waals surface area contributed by atoms with Crippen LogP contribution in [-0.4, -0.2) is 75.9 Å². The molecule has 35 heavy (non-hydrogen) atoms. The Morgan fingerprint density at radius 1 is 0.914 bits per heavy atom. The van der Waals surface area contributed by atoms with Crippen LogP contribution in [0.3, 0.4) is 0 Å². The average Bonchev–Trinajstić information content (AvgIpc) is 3.19. The van der Waals surface area contributed by atoms with E-state index in [2.05, 4.69) is 5.32 Å². The summed E-state index contributed by atoms with van der Waals surface area (Å²) >= 11 is 0. The Labute approximate surface area is 206 Å². The van der Waals surface area contributed by atoms with E-state index < -0.39 is 15.9 Å². The lowest BCUT2D eigenvalue weighted by atomic mass is 10.1. The summed E-state index contributed by atoms with van der Waals surface area (Å²) in [5.41, 5.74) is 0.781. The first-order chi connectivity index (χ1) is 16.9. The second-order valence-corrected chi connectivity index (χ2v) is 10.5. The molecule has 2 aromatic carbocycles. The lowest BCUT2D eigenvalue weighted by molar-refractivity contribution is 0.0303. The molecule has 188 valence electrons. The third-order valence-corrected chi connectivity index (χ3v) is 8.22. The molecule has 2 aliphatic rings. The number of methoxy groups -OCH3 is 1. The van der Waals surface area contributed by atoms with E-state index in [1.165, 1.54) is 29.6 Å². The number of rotatable bonds is 6. The number of para-hydroxylation sites is 1. The summed E-state index contributed by atoms with van der Waals surface area (Å²) < 4.78 is 38.7. The van der Waals surface area contributed by atoms with Crippen LogP contribution in [0.25, 0.3) is 0 Å². The minimum atomic E-state index is -3.75. The van der Waals surface area contributed by atoms with E-state index in [1.807, 2.05) is 0 Å². The maximum absolute atomic E-state index is 13.3. The van der Waals surface area contributed by atoms with Crippen molar-refractivity contribution >= 4 is 27.5 Å². The number of benzene rings is 2. The predicted molar refractivity (Wildman–Crippen MR) is 131 cm³/mol. The molecule has 0 aromatic heterocycles. The van der Waals surface area contributed by atoms with Crippen LogP contribution in [0.4, 0.5) is 5.69 Å². The number of nitrogens with one attached hydrogen (secondary N) is 1. The van der Waals surface area contributed by atoms with Gasteiger partial charge in [-0.25, -0.2) is 8.42 Å². The number of sulfonamides is 1. The minimum absolute atomic E-state index is 0.0445. The van der Waals surface area contributed by atoms with Gasteiger partial charge in [0.2, 0.25) is 10.0 Å². The fourth-order valence-corrected chi connectivity index (χ4v) is 5.90. The molecule has 0 bridgehead atoms. The molecule has 10 heteroatoms. The highest BCUT2D eigenvalue weighted by Crippen LogP contribution is 2.28. The number of hydrogen-bond donors (Lipinski definition) is 1. The quantitative estimate of drug-likeness (QED) is 0.653. The number of ether oxygens (including phenoxy) is 2. The number of amides is 2. The van der Waals surface area contributed by atoms with E-state index >= 15 is 0 Å². The Morgan fingerprint density at radius 2 is 1.60 bits per heavy atom. The molecule has 4 rings (SSSR count). The lowest BCUT2D eigenvalue weighted by Gasteiger charge is -2.27. The second-order valence-electron chi connectivity index (χ2n) is 8.58. The largest absolute Gasteiger partial charge is 0.496 e. The highest BCUT2D eigenvalue weighted by Gasteiger charge is 2.28. The van der Waals surface area contributed by atoms with Crippen molar-refractivity contribution in [1.29, 1.82) is 0 Å². The summed E-state index contributed by atoms with van der Waals surface area (Å²) in [6.45, 7) is 2.82. The number of morpholine rings is 1. The first-order valence-corrected chi connectivity index (χ1v) is 13.3. The van der Waals surface area contributed by atoms with Gasteiger partial charge >= 0.3 is 0 Å². The van der Waals surface area contributed by atoms with Gasteiger partial charge in [0.15, 0.2) is 0 Å². The fourth-order valence-electron chi connectivity index (χ4n) is 4.36. The standard InChI is InChI=1S/C25H31N3O6S/c1-33-23-11-10-19(35(31,32)28-12-6-2-3-7-13-28)18-21(23)24(29)26-22-9-5-4-8-20(22)25(30)27-14-16-34-17-15-27/h4-5,8-11,18H,2-3,6-7,12-17H2,1H3,(H,26,29). The molecule has 0 atom stereocenters. The van der Waals surface area contributed by atoms with Crippen LogP contribution in [0.15, 0.2) is 47.4 Å². The molecule has 0 aliphatic carbocycles. The van der Waals surface area contributed by atoms with Gasteiger partial charge in [0.25, 0.3) is 11.8 Å². The molecule has 0 spiro atoms. The van der Waals surface area contributed by atoms with E-state index in [1.54, 1.807) is 29.2 Å². The Kier molecular flexibility index (Phi) is 8.04. The van der Waals surface area contributed by atoms with Crippen molar-refractivity contribution < 1.29 is 27.5 Å². The first kappa shape index (κ1) is 25.2. The van der Waals surface area contributed by atoms with Gasteiger partial charge in [0, 0.05) is 26.2 Å². The average molecular weight is 502 g/mol. The van der Waals surface area contributed by atoms with E-state index in [0.717, 1.165) is 25.7 Å². The predicted octanol–water partition coefficient (Wildman–Crippen LogP) is 2.98. The van der Waals surface area contributed by atoms with Crippen molar-refractivity contribution in [1.82, 2.24) is 9.21 Å². The zero-order valence-corrected chi connectivity index (χ0v) is 20.7. The summed E-state index contributed by atoms with van der Waals surface area (Å²) in [6.07, 6.45) is 3.64. The molecule has 0 unspecified atom stereocenters. The molecule has 9 nitrogen and oxygen atoms in total. The molecule has 1 N–H and O–H groups in total. The van der Waals surface area contributed by atoms with Crippen LogP contribution in [0.5, 0.6) is 5.75 Å². The molecular weight excluding hydrogens is 470 g/mol. The van der Waals surface area contributed by atoms with Crippen LogP contribution in [0, 0.1) is 0 Å². The highest BCUT2D eigenvalue weighted by molar-refractivity contribution is 7.89. The summed E-state index contributed by atoms with van der Waals surface area (Å²) in [6, 6.07) is 11.1. The summed E-state index contributed by atoms with van der Waals surface area (Å²) in [4.78, 5) is 28.1. The normalized spacial score (nSPS) is 17.5. The van der Waals surface area contributed by atoms with Gasteiger partial charge in [-0.1, -0.05) is 25.0 Å². The van der Waals surface area contributed by atoms with Crippen molar-refractivity contribution in [3.8, 4) is 5.75 Å². The molecule has 2 amide bonds. The van der Waals surface area contributed by atoms with Crippen molar-refractivity contribution in [2.75, 3.05) is 51.8 Å². The number of hydrogen-bond acceptors (Lipinski definition) is 6. The Hall–Kier alpha value is -2.95. The van der Waals surface area contributed by atoms with E-state index in [0.29, 0.717) is 50.6 Å².